The molecular formula is C19H18ClF5N2O5. The standard InChI is InChI=1S/C19H18ClF5N2O5/c1-31-18(30)14-10(6-21)27-11(7-32-5-4-26)13(17(28)29)15(14)12-9(22)3-2-8(20)16(12)19(23,24)25/h2-3,15,27H,4-7,26H2,1H3,(H,28,29). The molecule has 1 aliphatic heterocycles. The predicted molar refractivity (Wildman–Crippen MR) is 102 cm³/mol. The first-order valence-electron chi connectivity index (χ1n) is 8.93. The van der Waals surface area contributed by atoms with Crippen molar-refractivity contribution in [2.75, 3.05) is 33.5 Å². The van der Waals surface area contributed by atoms with Crippen LogP contribution in [0.5, 0.6) is 0 Å². The molecule has 2 rings (SSSR count). The quantitative estimate of drug-likeness (QED) is 0.295. The Labute approximate surface area is 183 Å². The van der Waals surface area contributed by atoms with E-state index in [4.69, 9.17) is 22.1 Å². The number of carbonyl (C=O) groups excluding carboxylic acids is 1. The van der Waals surface area contributed by atoms with Crippen molar-refractivity contribution >= 4 is 23.5 Å². The van der Waals surface area contributed by atoms with Gasteiger partial charge in [0.05, 0.1) is 59.4 Å². The monoisotopic (exact) mass is 484 g/mol. The molecule has 1 heterocycles. The molecule has 1 atom stereocenters. The van der Waals surface area contributed by atoms with Gasteiger partial charge >= 0.3 is 18.1 Å². The molecule has 32 heavy (non-hydrogen) atoms. The van der Waals surface area contributed by atoms with Crippen molar-refractivity contribution in [1.82, 2.24) is 5.32 Å². The zero-order chi connectivity index (χ0) is 24.2. The number of carbonyl (C=O) groups is 2. The number of allylic oxidation sites excluding steroid dienone is 1. The van der Waals surface area contributed by atoms with Crippen LogP contribution in [-0.2, 0) is 25.2 Å². The number of hydrogen-bond donors (Lipinski definition) is 3. The third-order valence-corrected chi connectivity index (χ3v) is 4.84. The molecule has 0 radical (unpaired) electrons. The molecular weight excluding hydrogens is 467 g/mol. The molecule has 0 aromatic heterocycles. The van der Waals surface area contributed by atoms with Crippen LogP contribution in [0, 0.1) is 5.82 Å². The molecule has 0 saturated carbocycles. The summed E-state index contributed by atoms with van der Waals surface area (Å²) in [6, 6.07) is 1.22. The summed E-state index contributed by atoms with van der Waals surface area (Å²) >= 11 is 5.69. The molecule has 1 aliphatic rings. The van der Waals surface area contributed by atoms with E-state index in [0.717, 1.165) is 7.11 Å². The normalized spacial score (nSPS) is 16.8. The number of benzene rings is 1. The van der Waals surface area contributed by atoms with Crippen LogP contribution in [0.15, 0.2) is 34.7 Å². The number of hydrogen-bond acceptors (Lipinski definition) is 6. The highest BCUT2D eigenvalue weighted by molar-refractivity contribution is 6.31. The van der Waals surface area contributed by atoms with Gasteiger partial charge in [-0.3, -0.25) is 0 Å². The number of halogens is 6. The molecule has 13 heteroatoms. The van der Waals surface area contributed by atoms with Gasteiger partial charge in [-0.1, -0.05) is 11.6 Å². The first kappa shape index (κ1) is 25.6. The maximum Gasteiger partial charge on any atom is 0.418 e. The molecule has 4 N–H and O–H groups in total. The van der Waals surface area contributed by atoms with Gasteiger partial charge in [-0.2, -0.15) is 13.2 Å². The summed E-state index contributed by atoms with van der Waals surface area (Å²) in [7, 11) is 0.852. The molecule has 0 fully saturated rings. The van der Waals surface area contributed by atoms with Crippen LogP contribution in [0.1, 0.15) is 17.0 Å². The first-order chi connectivity index (χ1) is 15.0. The summed E-state index contributed by atoms with van der Waals surface area (Å²) in [6.45, 7) is -2.02. The predicted octanol–water partition coefficient (Wildman–Crippen LogP) is 2.90. The number of ether oxygens (including phenoxy) is 2. The van der Waals surface area contributed by atoms with Crippen molar-refractivity contribution < 1.29 is 46.1 Å². The van der Waals surface area contributed by atoms with Crippen molar-refractivity contribution in [2.24, 2.45) is 5.73 Å². The second kappa shape index (κ2) is 10.3. The van der Waals surface area contributed by atoms with Gasteiger partial charge in [-0.15, -0.1) is 0 Å². The van der Waals surface area contributed by atoms with Gasteiger partial charge in [0.15, 0.2) is 0 Å². The van der Waals surface area contributed by atoms with Crippen LogP contribution < -0.4 is 11.1 Å². The van der Waals surface area contributed by atoms with Crippen LogP contribution >= 0.6 is 11.6 Å². The van der Waals surface area contributed by atoms with E-state index in [0.29, 0.717) is 12.1 Å². The highest BCUT2D eigenvalue weighted by Gasteiger charge is 2.46. The zero-order valence-corrected chi connectivity index (χ0v) is 17.2. The number of alkyl halides is 4. The van der Waals surface area contributed by atoms with Gasteiger partial charge in [0.25, 0.3) is 0 Å². The number of carboxylic acids is 1. The van der Waals surface area contributed by atoms with Crippen LogP contribution in [0.2, 0.25) is 5.02 Å². The molecule has 0 amide bonds. The lowest BCUT2D eigenvalue weighted by Crippen LogP contribution is -2.36. The maximum absolute atomic E-state index is 14.9. The van der Waals surface area contributed by atoms with E-state index in [9.17, 15) is 36.6 Å². The molecule has 0 spiro atoms. The van der Waals surface area contributed by atoms with E-state index >= 15 is 0 Å². The van der Waals surface area contributed by atoms with E-state index in [1.165, 1.54) is 0 Å². The minimum absolute atomic E-state index is 0.0273. The van der Waals surface area contributed by atoms with Crippen molar-refractivity contribution in [3.8, 4) is 0 Å². The van der Waals surface area contributed by atoms with Gasteiger partial charge in [0, 0.05) is 12.1 Å². The lowest BCUT2D eigenvalue weighted by molar-refractivity contribution is -0.140. The fourth-order valence-electron chi connectivity index (χ4n) is 3.32. The van der Waals surface area contributed by atoms with E-state index in [1.807, 2.05) is 0 Å². The van der Waals surface area contributed by atoms with Crippen molar-refractivity contribution in [3.05, 3.63) is 56.6 Å². The third-order valence-electron chi connectivity index (χ3n) is 4.52. The Morgan fingerprint density at radius 2 is 1.91 bits per heavy atom. The average Bonchev–Trinajstić information content (AvgIpc) is 2.72. The Hall–Kier alpha value is -2.70. The minimum atomic E-state index is -5.24. The van der Waals surface area contributed by atoms with Crippen LogP contribution in [0.3, 0.4) is 0 Å². The second-order valence-electron chi connectivity index (χ2n) is 6.43. The molecule has 1 aromatic rings. The van der Waals surface area contributed by atoms with E-state index in [1.54, 1.807) is 0 Å². The van der Waals surface area contributed by atoms with Crippen LogP contribution in [0.4, 0.5) is 22.0 Å². The number of carboxylic acid groups (broad SMARTS) is 1. The fourth-order valence-corrected chi connectivity index (χ4v) is 3.59. The van der Waals surface area contributed by atoms with Crippen molar-refractivity contribution in [1.29, 1.82) is 0 Å². The van der Waals surface area contributed by atoms with Crippen LogP contribution in [-0.4, -0.2) is 50.6 Å². The molecule has 0 bridgehead atoms. The second-order valence-corrected chi connectivity index (χ2v) is 6.84. The van der Waals surface area contributed by atoms with Crippen molar-refractivity contribution in [2.45, 2.75) is 12.1 Å². The Morgan fingerprint density at radius 1 is 1.25 bits per heavy atom. The fraction of sp³-hybridized carbons (Fsp3) is 0.368. The van der Waals surface area contributed by atoms with E-state index in [2.05, 4.69) is 10.1 Å². The smallest absolute Gasteiger partial charge is 0.418 e. The van der Waals surface area contributed by atoms with Gasteiger partial charge in [0.1, 0.15) is 12.5 Å². The molecule has 7 nitrogen and oxygen atoms in total. The van der Waals surface area contributed by atoms with Crippen molar-refractivity contribution in [3.63, 3.8) is 0 Å². The highest BCUT2D eigenvalue weighted by Crippen LogP contribution is 2.47. The SMILES string of the molecule is COC(=O)C1=C(CF)NC(COCCN)=C(C(=O)O)C1c1c(F)ccc(Cl)c1C(F)(F)F. The summed E-state index contributed by atoms with van der Waals surface area (Å²) in [4.78, 5) is 24.5. The Bertz CT molecular complexity index is 978. The van der Waals surface area contributed by atoms with Gasteiger partial charge < -0.3 is 25.6 Å². The summed E-state index contributed by atoms with van der Waals surface area (Å²) in [5.41, 5.74) is -0.369. The first-order valence-corrected chi connectivity index (χ1v) is 9.30. The largest absolute Gasteiger partial charge is 0.478 e. The van der Waals surface area contributed by atoms with Gasteiger partial charge in [0.2, 0.25) is 0 Å². The molecule has 0 aliphatic carbocycles. The molecule has 0 saturated heterocycles. The molecule has 1 aromatic carbocycles. The number of nitrogens with two attached hydrogens (primary N) is 1. The molecule has 176 valence electrons. The van der Waals surface area contributed by atoms with Gasteiger partial charge in [-0.05, 0) is 12.1 Å². The number of rotatable bonds is 8. The summed E-state index contributed by atoms with van der Waals surface area (Å²) in [6.07, 6.45) is -5.24. The average molecular weight is 485 g/mol. The lowest BCUT2D eigenvalue weighted by atomic mass is 9.78. The summed E-state index contributed by atoms with van der Waals surface area (Å²) in [5, 5.41) is 11.2. The van der Waals surface area contributed by atoms with Gasteiger partial charge in [-0.25, -0.2) is 18.4 Å². The topological polar surface area (TPSA) is 111 Å². The lowest BCUT2D eigenvalue weighted by Gasteiger charge is -2.32. The minimum Gasteiger partial charge on any atom is -0.478 e. The number of aliphatic carboxylic acids is 1. The van der Waals surface area contributed by atoms with Crippen LogP contribution in [0.25, 0.3) is 0 Å². The third kappa shape index (κ3) is 5.03. The Balaban J connectivity index is 2.96. The maximum atomic E-state index is 14.9. The van der Waals surface area contributed by atoms with E-state index < -0.39 is 76.1 Å². The van der Waals surface area contributed by atoms with E-state index in [-0.39, 0.29) is 18.8 Å². The number of dihydropyridines is 1. The number of methoxy groups -OCH3 is 1. The number of esters is 1. The Kier molecular flexibility index (Phi) is 8.21. The zero-order valence-electron chi connectivity index (χ0n) is 16.5. The molecule has 1 unspecified atom stereocenters. The number of nitrogens with one attached hydrogen (secondary N) is 1. The summed E-state index contributed by atoms with van der Waals surface area (Å²) in [5.74, 6) is -6.88. The Morgan fingerprint density at radius 3 is 2.41 bits per heavy atom. The highest BCUT2D eigenvalue weighted by atomic mass is 35.5. The summed E-state index contributed by atoms with van der Waals surface area (Å²) < 4.78 is 79.9.